The normalized spacial score (nSPS) is 26.1. The fourth-order valence-electron chi connectivity index (χ4n) is 6.38. The number of carbonyl (C=O) groups excluding carboxylic acids is 2. The van der Waals surface area contributed by atoms with Gasteiger partial charge in [-0.25, -0.2) is 0 Å². The first-order valence-electron chi connectivity index (χ1n) is 12.0. The molecule has 3 heterocycles. The Morgan fingerprint density at radius 2 is 1.84 bits per heavy atom. The molecule has 2 aromatic carbocycles. The molecule has 0 radical (unpaired) electrons. The maximum atomic E-state index is 13.0. The number of nitrogens with zero attached hydrogens (tertiary/aromatic N) is 2. The van der Waals surface area contributed by atoms with E-state index in [4.69, 9.17) is 0 Å². The first-order chi connectivity index (χ1) is 15.7. The third-order valence-corrected chi connectivity index (χ3v) is 7.93. The average molecular weight is 431 g/mol. The molecule has 2 aromatic rings. The van der Waals surface area contributed by atoms with Crippen LogP contribution in [-0.4, -0.2) is 48.9 Å². The molecule has 1 saturated heterocycles. The number of nitrogens with one attached hydrogen (secondary N) is 2. The average Bonchev–Trinajstić information content (AvgIpc) is 3.10. The van der Waals surface area contributed by atoms with E-state index in [1.165, 1.54) is 11.1 Å². The van der Waals surface area contributed by atoms with Crippen molar-refractivity contribution in [1.82, 2.24) is 4.90 Å². The zero-order valence-corrected chi connectivity index (χ0v) is 18.4. The van der Waals surface area contributed by atoms with E-state index in [0.717, 1.165) is 81.8 Å². The van der Waals surface area contributed by atoms with Crippen LogP contribution in [0.1, 0.15) is 43.2 Å². The molecule has 6 heteroatoms. The molecule has 2 atom stereocenters. The minimum absolute atomic E-state index is 0.0984. The molecule has 6 nitrogen and oxygen atoms in total. The van der Waals surface area contributed by atoms with Crippen molar-refractivity contribution in [2.24, 2.45) is 0 Å². The highest BCUT2D eigenvalue weighted by Gasteiger charge is 2.48. The molecule has 3 aliphatic heterocycles. The second kappa shape index (κ2) is 7.62. The van der Waals surface area contributed by atoms with Crippen LogP contribution in [0.5, 0.6) is 0 Å². The molecular formula is C26H30N4O2. The van der Waals surface area contributed by atoms with Crippen LogP contribution in [0.25, 0.3) is 0 Å². The number of rotatable bonds is 5. The lowest BCUT2D eigenvalue weighted by Gasteiger charge is -2.45. The summed E-state index contributed by atoms with van der Waals surface area (Å²) in [5.74, 6) is 0.298. The summed E-state index contributed by atoms with van der Waals surface area (Å²) in [6.07, 6.45) is 6.13. The molecule has 166 valence electrons. The van der Waals surface area contributed by atoms with Crippen LogP contribution in [0.2, 0.25) is 0 Å². The monoisotopic (exact) mass is 430 g/mol. The topological polar surface area (TPSA) is 64.7 Å². The Labute approximate surface area is 189 Å². The first kappa shape index (κ1) is 19.8. The molecule has 1 aliphatic carbocycles. The summed E-state index contributed by atoms with van der Waals surface area (Å²) < 4.78 is 0. The molecular weight excluding hydrogens is 400 g/mol. The number of piperazine rings is 1. The van der Waals surface area contributed by atoms with Gasteiger partial charge in [0.25, 0.3) is 0 Å². The second-order valence-electron chi connectivity index (χ2n) is 9.70. The van der Waals surface area contributed by atoms with Gasteiger partial charge in [-0.1, -0.05) is 30.7 Å². The number of carbonyl (C=O) groups is 2. The van der Waals surface area contributed by atoms with Gasteiger partial charge in [-0.3, -0.25) is 14.5 Å². The predicted octanol–water partition coefficient (Wildman–Crippen LogP) is 3.53. The van der Waals surface area contributed by atoms with E-state index >= 15 is 0 Å². The van der Waals surface area contributed by atoms with Gasteiger partial charge in [0.1, 0.15) is 6.04 Å². The summed E-state index contributed by atoms with van der Waals surface area (Å²) in [5, 5.41) is 6.23. The lowest BCUT2D eigenvalue weighted by atomic mass is 9.68. The van der Waals surface area contributed by atoms with E-state index in [0.29, 0.717) is 0 Å². The van der Waals surface area contributed by atoms with Gasteiger partial charge in [-0.2, -0.15) is 0 Å². The molecule has 0 bridgehead atoms. The summed E-state index contributed by atoms with van der Waals surface area (Å²) in [4.78, 5) is 30.4. The van der Waals surface area contributed by atoms with Crippen LogP contribution in [-0.2, 0) is 21.4 Å². The second-order valence-corrected chi connectivity index (χ2v) is 9.70. The quantitative estimate of drug-likeness (QED) is 0.713. The maximum Gasteiger partial charge on any atom is 0.248 e. The van der Waals surface area contributed by atoms with Crippen LogP contribution in [0, 0.1) is 0 Å². The number of fused-ring (bicyclic) bond motifs is 3. The highest BCUT2D eigenvalue weighted by Crippen LogP contribution is 2.49. The fraction of sp³-hybridized carbons (Fsp3) is 0.462. The smallest absolute Gasteiger partial charge is 0.248 e. The van der Waals surface area contributed by atoms with E-state index in [9.17, 15) is 9.59 Å². The molecule has 1 fully saturated rings. The van der Waals surface area contributed by atoms with Gasteiger partial charge in [0.2, 0.25) is 11.8 Å². The summed E-state index contributed by atoms with van der Waals surface area (Å²) >= 11 is 0. The SMILES string of the molecule is O=C1Nc2ccccc2N2CCN(CCCCC34CCCc5cccc(c53)NC4=O)CC12. The number of hydrogen-bond donors (Lipinski definition) is 2. The van der Waals surface area contributed by atoms with Crippen LogP contribution in [0.4, 0.5) is 17.1 Å². The maximum absolute atomic E-state index is 13.0. The van der Waals surface area contributed by atoms with Crippen molar-refractivity contribution in [1.29, 1.82) is 0 Å². The third-order valence-electron chi connectivity index (χ3n) is 7.93. The van der Waals surface area contributed by atoms with Gasteiger partial charge in [-0.05, 0) is 68.0 Å². The van der Waals surface area contributed by atoms with E-state index in [1.54, 1.807) is 0 Å². The van der Waals surface area contributed by atoms with Crippen molar-refractivity contribution in [3.63, 3.8) is 0 Å². The predicted molar refractivity (Wildman–Crippen MR) is 126 cm³/mol. The number of unbranched alkanes of at least 4 members (excludes halogenated alkanes) is 1. The summed E-state index contributed by atoms with van der Waals surface area (Å²) in [7, 11) is 0. The summed E-state index contributed by atoms with van der Waals surface area (Å²) in [5.41, 5.74) is 5.40. The van der Waals surface area contributed by atoms with E-state index in [1.807, 2.05) is 18.2 Å². The molecule has 32 heavy (non-hydrogen) atoms. The number of para-hydroxylation sites is 2. The van der Waals surface area contributed by atoms with Gasteiger partial charge in [0, 0.05) is 25.3 Å². The van der Waals surface area contributed by atoms with Crippen LogP contribution in [0.15, 0.2) is 42.5 Å². The first-order valence-corrected chi connectivity index (χ1v) is 12.0. The number of hydrogen-bond acceptors (Lipinski definition) is 4. The number of benzene rings is 2. The molecule has 2 N–H and O–H groups in total. The summed E-state index contributed by atoms with van der Waals surface area (Å²) in [6.45, 7) is 3.58. The molecule has 2 amide bonds. The minimum Gasteiger partial charge on any atom is -0.355 e. The van der Waals surface area contributed by atoms with Gasteiger partial charge in [0.15, 0.2) is 0 Å². The minimum atomic E-state index is -0.324. The van der Waals surface area contributed by atoms with Crippen molar-refractivity contribution in [3.05, 3.63) is 53.6 Å². The number of amides is 2. The van der Waals surface area contributed by atoms with Crippen molar-refractivity contribution in [2.45, 2.75) is 50.0 Å². The van der Waals surface area contributed by atoms with Gasteiger partial charge in [0.05, 0.1) is 16.8 Å². The molecule has 0 aromatic heterocycles. The fourth-order valence-corrected chi connectivity index (χ4v) is 6.38. The molecule has 0 spiro atoms. The lowest BCUT2D eigenvalue weighted by Crippen LogP contribution is -2.60. The third kappa shape index (κ3) is 3.04. The Morgan fingerprint density at radius 3 is 2.78 bits per heavy atom. The Balaban J connectivity index is 1.08. The summed E-state index contributed by atoms with van der Waals surface area (Å²) in [6, 6.07) is 14.3. The van der Waals surface area contributed by atoms with Crippen molar-refractivity contribution in [3.8, 4) is 0 Å². The van der Waals surface area contributed by atoms with E-state index in [2.05, 4.69) is 44.7 Å². The Bertz CT molecular complexity index is 1080. The zero-order chi connectivity index (χ0) is 21.7. The van der Waals surface area contributed by atoms with Crippen LogP contribution >= 0.6 is 0 Å². The molecule has 0 saturated carbocycles. The highest BCUT2D eigenvalue weighted by atomic mass is 16.2. The Kier molecular flexibility index (Phi) is 4.72. The Hall–Kier alpha value is -2.86. The van der Waals surface area contributed by atoms with Gasteiger partial charge >= 0.3 is 0 Å². The van der Waals surface area contributed by atoms with E-state index in [-0.39, 0.29) is 23.3 Å². The van der Waals surface area contributed by atoms with Crippen LogP contribution < -0.4 is 15.5 Å². The largest absolute Gasteiger partial charge is 0.355 e. The van der Waals surface area contributed by atoms with Crippen molar-refractivity contribution in [2.75, 3.05) is 41.7 Å². The van der Waals surface area contributed by atoms with Gasteiger partial charge < -0.3 is 15.5 Å². The Morgan fingerprint density at radius 1 is 0.969 bits per heavy atom. The van der Waals surface area contributed by atoms with Crippen molar-refractivity contribution < 1.29 is 9.59 Å². The van der Waals surface area contributed by atoms with Gasteiger partial charge in [-0.15, -0.1) is 0 Å². The lowest BCUT2D eigenvalue weighted by molar-refractivity contribution is -0.121. The number of aryl methyl sites for hydroxylation is 1. The zero-order valence-electron chi connectivity index (χ0n) is 18.4. The van der Waals surface area contributed by atoms with Crippen molar-refractivity contribution >= 4 is 28.9 Å². The standard InChI is InChI=1S/C26H30N4O2/c31-24-22-17-29(15-16-30(22)21-11-2-1-9-19(21)27-24)14-4-3-12-26-13-6-8-18-7-5-10-20(23(18)26)28-25(26)32/h1-2,5,7,9-11,22H,3-4,6,8,12-17H2,(H,27,31)(H,28,32). The number of anilines is 3. The van der Waals surface area contributed by atoms with E-state index < -0.39 is 0 Å². The molecule has 6 rings (SSSR count). The molecule has 4 aliphatic rings. The molecule has 2 unspecified atom stereocenters. The van der Waals surface area contributed by atoms with Crippen LogP contribution in [0.3, 0.4) is 0 Å². The highest BCUT2D eigenvalue weighted by molar-refractivity contribution is 6.07.